The molecule has 0 aliphatic heterocycles. The molecule has 9 nitrogen and oxygen atoms in total. The number of para-hydroxylation sites is 1. The third kappa shape index (κ3) is 3.34. The molecule has 5 rings (SSSR count). The van der Waals surface area contributed by atoms with Gasteiger partial charge in [0.2, 0.25) is 0 Å². The molecule has 1 atom stereocenters. The second-order valence-corrected chi connectivity index (χ2v) is 7.63. The van der Waals surface area contributed by atoms with Crippen molar-refractivity contribution in [2.24, 2.45) is 0 Å². The number of nitrogens with one attached hydrogen (secondary N) is 1. The van der Waals surface area contributed by atoms with E-state index in [0.717, 1.165) is 0 Å². The largest absolute Gasteiger partial charge is 0.381 e. The molecule has 166 valence electrons. The molecule has 2 aromatic carbocycles. The summed E-state index contributed by atoms with van der Waals surface area (Å²) in [6.07, 6.45) is 8.85. The Morgan fingerprint density at radius 1 is 1.15 bits per heavy atom. The summed E-state index contributed by atoms with van der Waals surface area (Å²) in [5.41, 5.74) is 7.65. The Kier molecular flexibility index (Phi) is 5.03. The summed E-state index contributed by atoms with van der Waals surface area (Å²) < 4.78 is 2.90. The molecule has 1 amide bonds. The van der Waals surface area contributed by atoms with Crippen molar-refractivity contribution in [3.05, 3.63) is 94.3 Å². The second kappa shape index (κ2) is 8.18. The fraction of sp³-hybridized carbons (Fsp3) is 0.0800. The van der Waals surface area contributed by atoms with Crippen LogP contribution in [0.5, 0.6) is 0 Å². The van der Waals surface area contributed by atoms with E-state index >= 15 is 0 Å². The van der Waals surface area contributed by atoms with Gasteiger partial charge in [0.1, 0.15) is 11.4 Å². The van der Waals surface area contributed by atoms with Crippen molar-refractivity contribution in [2.75, 3.05) is 5.73 Å². The zero-order chi connectivity index (χ0) is 23.8. The highest BCUT2D eigenvalue weighted by molar-refractivity contribution is 6.04. The molecule has 0 spiro atoms. The maximum atomic E-state index is 13.6. The highest BCUT2D eigenvalue weighted by Crippen LogP contribution is 2.22. The number of benzene rings is 2. The van der Waals surface area contributed by atoms with Crippen LogP contribution in [0.3, 0.4) is 0 Å². The van der Waals surface area contributed by atoms with Crippen LogP contribution in [0.4, 0.5) is 5.82 Å². The van der Waals surface area contributed by atoms with Gasteiger partial charge in [-0.25, -0.2) is 14.5 Å². The van der Waals surface area contributed by atoms with E-state index < -0.39 is 11.9 Å². The van der Waals surface area contributed by atoms with Gasteiger partial charge in [-0.05, 0) is 37.3 Å². The zero-order valence-electron chi connectivity index (χ0n) is 18.1. The van der Waals surface area contributed by atoms with Crippen LogP contribution < -0.4 is 16.6 Å². The van der Waals surface area contributed by atoms with Crippen LogP contribution in [0.25, 0.3) is 22.2 Å². The van der Waals surface area contributed by atoms with E-state index in [1.54, 1.807) is 55.7 Å². The smallest absolute Gasteiger partial charge is 0.267 e. The number of anilines is 1. The maximum Gasteiger partial charge on any atom is 0.267 e. The molecule has 0 bridgehead atoms. The van der Waals surface area contributed by atoms with Crippen LogP contribution in [0.15, 0.2) is 71.8 Å². The van der Waals surface area contributed by atoms with Crippen molar-refractivity contribution in [1.82, 2.24) is 29.5 Å². The molecule has 9 heteroatoms. The van der Waals surface area contributed by atoms with E-state index in [-0.39, 0.29) is 16.9 Å². The summed E-state index contributed by atoms with van der Waals surface area (Å²) in [5.74, 6) is 2.47. The third-order valence-corrected chi connectivity index (χ3v) is 5.48. The van der Waals surface area contributed by atoms with Gasteiger partial charge in [-0.1, -0.05) is 30.2 Å². The summed E-state index contributed by atoms with van der Waals surface area (Å²) in [5, 5.41) is 7.36. The van der Waals surface area contributed by atoms with Crippen LogP contribution in [0.1, 0.15) is 34.7 Å². The van der Waals surface area contributed by atoms with Gasteiger partial charge in [0.25, 0.3) is 11.5 Å². The first-order chi connectivity index (χ1) is 16.5. The number of hydrogen-bond acceptors (Lipinski definition) is 6. The fourth-order valence-electron chi connectivity index (χ4n) is 3.94. The maximum absolute atomic E-state index is 13.6. The molecular weight excluding hydrogens is 430 g/mol. The molecule has 0 aliphatic carbocycles. The number of nitrogen functional groups attached to an aromatic ring is 1. The fourth-order valence-corrected chi connectivity index (χ4v) is 3.94. The Balaban J connectivity index is 1.65. The highest BCUT2D eigenvalue weighted by atomic mass is 16.2. The molecule has 5 aromatic rings. The summed E-state index contributed by atoms with van der Waals surface area (Å²) in [7, 11) is 0. The molecule has 0 unspecified atom stereocenters. The first-order valence-electron chi connectivity index (χ1n) is 10.5. The number of hydrogen-bond donors (Lipinski definition) is 2. The van der Waals surface area contributed by atoms with Gasteiger partial charge < -0.3 is 11.1 Å². The summed E-state index contributed by atoms with van der Waals surface area (Å²) in [6, 6.07) is 15.2. The number of aromatic nitrogens is 5. The number of fused-ring (bicyclic) bond motifs is 2. The van der Waals surface area contributed by atoms with Gasteiger partial charge in [-0.15, -0.1) is 11.5 Å². The first kappa shape index (κ1) is 20.9. The topological polar surface area (TPSA) is 120 Å². The van der Waals surface area contributed by atoms with E-state index in [9.17, 15) is 9.59 Å². The van der Waals surface area contributed by atoms with E-state index in [1.807, 2.05) is 18.2 Å². The molecule has 0 radical (unpaired) electrons. The molecule has 0 saturated heterocycles. The van der Waals surface area contributed by atoms with E-state index in [4.69, 9.17) is 17.1 Å². The minimum absolute atomic E-state index is 0.0500. The molecule has 0 aliphatic rings. The Hall–Kier alpha value is -4.97. The molecule has 34 heavy (non-hydrogen) atoms. The van der Waals surface area contributed by atoms with E-state index in [2.05, 4.69) is 21.3 Å². The van der Waals surface area contributed by atoms with Crippen molar-refractivity contribution in [1.29, 1.82) is 0 Å². The van der Waals surface area contributed by atoms with Gasteiger partial charge in [-0.3, -0.25) is 14.2 Å². The van der Waals surface area contributed by atoms with Crippen LogP contribution in [0, 0.1) is 12.3 Å². The van der Waals surface area contributed by atoms with Crippen molar-refractivity contribution in [3.8, 4) is 18.0 Å². The summed E-state index contributed by atoms with van der Waals surface area (Å²) in [4.78, 5) is 35.8. The van der Waals surface area contributed by atoms with Gasteiger partial charge in [0, 0.05) is 18.0 Å². The van der Waals surface area contributed by atoms with E-state index in [0.29, 0.717) is 33.6 Å². The number of rotatable bonds is 4. The molecule has 0 fully saturated rings. The zero-order valence-corrected chi connectivity index (χ0v) is 18.1. The predicted octanol–water partition coefficient (Wildman–Crippen LogP) is 2.48. The van der Waals surface area contributed by atoms with Crippen molar-refractivity contribution in [2.45, 2.75) is 13.0 Å². The third-order valence-electron chi connectivity index (χ3n) is 5.48. The van der Waals surface area contributed by atoms with Crippen LogP contribution in [-0.4, -0.2) is 30.1 Å². The minimum atomic E-state index is -0.669. The molecular formula is C25H19N7O2. The number of terminal acetylenes is 1. The van der Waals surface area contributed by atoms with Gasteiger partial charge >= 0.3 is 0 Å². The Bertz CT molecular complexity index is 1660. The average Bonchev–Trinajstić information content (AvgIpc) is 3.19. The number of carbonyl (C=O) groups excluding carboxylic acids is 1. The van der Waals surface area contributed by atoms with Crippen molar-refractivity contribution in [3.63, 3.8) is 0 Å². The first-order valence-corrected chi connectivity index (χ1v) is 10.5. The predicted molar refractivity (Wildman–Crippen MR) is 129 cm³/mol. The minimum Gasteiger partial charge on any atom is -0.381 e. The second-order valence-electron chi connectivity index (χ2n) is 7.63. The van der Waals surface area contributed by atoms with Crippen LogP contribution in [0.2, 0.25) is 0 Å². The standard InChI is InChI=1S/C25H19N7O2/c1-3-16-9-7-12-18-19(16)25(34)32(17-10-5-4-6-11-17)22(29-18)15(2)28-24(33)20-21(26)30-31-14-8-13-27-23(20)31/h1,4-15H,2H3,(H2,26,30)(H,28,33)/t15-/m1/s1. The summed E-state index contributed by atoms with van der Waals surface area (Å²) in [6.45, 7) is 1.74. The number of amides is 1. The SMILES string of the molecule is C#Cc1cccc2nc([C@@H](C)NC(=O)c3c(N)nn4cccnc34)n(-c3ccccc3)c(=O)c12. The number of carbonyl (C=O) groups is 1. The Morgan fingerprint density at radius 3 is 2.71 bits per heavy atom. The lowest BCUT2D eigenvalue weighted by molar-refractivity contribution is 0.0940. The molecule has 3 N–H and O–H groups in total. The van der Waals surface area contributed by atoms with E-state index in [1.165, 1.54) is 9.08 Å². The molecule has 0 saturated carbocycles. The quantitative estimate of drug-likeness (QED) is 0.407. The lowest BCUT2D eigenvalue weighted by atomic mass is 10.1. The van der Waals surface area contributed by atoms with Crippen LogP contribution in [-0.2, 0) is 0 Å². The average molecular weight is 449 g/mol. The summed E-state index contributed by atoms with van der Waals surface area (Å²) >= 11 is 0. The normalized spacial score (nSPS) is 11.9. The van der Waals surface area contributed by atoms with Gasteiger partial charge in [-0.2, -0.15) is 0 Å². The monoisotopic (exact) mass is 449 g/mol. The van der Waals surface area contributed by atoms with Crippen molar-refractivity contribution < 1.29 is 4.79 Å². The van der Waals surface area contributed by atoms with Crippen molar-refractivity contribution >= 4 is 28.3 Å². The van der Waals surface area contributed by atoms with Gasteiger partial charge in [0.05, 0.1) is 22.6 Å². The molecule has 3 heterocycles. The lowest BCUT2D eigenvalue weighted by Gasteiger charge is -2.20. The van der Waals surface area contributed by atoms with Crippen LogP contribution >= 0.6 is 0 Å². The Labute approximate surface area is 193 Å². The van der Waals surface area contributed by atoms with Gasteiger partial charge in [0.15, 0.2) is 11.5 Å². The number of nitrogens with two attached hydrogens (primary N) is 1. The Morgan fingerprint density at radius 2 is 1.94 bits per heavy atom. The highest BCUT2D eigenvalue weighted by Gasteiger charge is 2.24. The molecule has 3 aromatic heterocycles. The lowest BCUT2D eigenvalue weighted by Crippen LogP contribution is -2.33. The number of nitrogens with zero attached hydrogens (tertiary/aromatic N) is 5.